The highest BCUT2D eigenvalue weighted by molar-refractivity contribution is 6.67. The van der Waals surface area contributed by atoms with Crippen LogP contribution in [0.5, 0.6) is 0 Å². The van der Waals surface area contributed by atoms with Crippen molar-refractivity contribution >= 4 is 58.7 Å². The summed E-state index contributed by atoms with van der Waals surface area (Å²) < 4.78 is 20.2. The molecular formula is C35H43Cl3N4O8. The van der Waals surface area contributed by atoms with Crippen LogP contribution in [-0.2, 0) is 33.3 Å². The molecule has 0 spiro atoms. The number of carbonyl (C=O) groups is 4. The van der Waals surface area contributed by atoms with Crippen molar-refractivity contribution in [2.24, 2.45) is 11.3 Å². The molecule has 2 aliphatic heterocycles. The van der Waals surface area contributed by atoms with E-state index < -0.39 is 52.4 Å². The average molecular weight is 754 g/mol. The van der Waals surface area contributed by atoms with E-state index in [2.05, 4.69) is 16.1 Å². The number of benzene rings is 2. The Balaban J connectivity index is 1.22. The molecule has 50 heavy (non-hydrogen) atoms. The molecule has 2 aromatic rings. The number of rotatable bonds is 13. The molecule has 5 rings (SSSR count). The Hall–Kier alpha value is -3.13. The number of ether oxygens (including phenoxy) is 4. The van der Waals surface area contributed by atoms with Gasteiger partial charge in [-0.05, 0) is 41.0 Å². The number of fused-ring (bicyclic) bond motifs is 3. The van der Waals surface area contributed by atoms with Gasteiger partial charge in [-0.1, -0.05) is 104 Å². The van der Waals surface area contributed by atoms with Crippen LogP contribution in [-0.4, -0.2) is 97.0 Å². The highest BCUT2D eigenvalue weighted by Gasteiger charge is 2.38. The summed E-state index contributed by atoms with van der Waals surface area (Å²) in [6.45, 7) is 6.62. The molecule has 0 saturated carbocycles. The number of carbonyl (C=O) groups excluding carboxylic acids is 4. The van der Waals surface area contributed by atoms with Crippen LogP contribution in [0.15, 0.2) is 48.5 Å². The van der Waals surface area contributed by atoms with Crippen molar-refractivity contribution in [1.82, 2.24) is 21.1 Å². The van der Waals surface area contributed by atoms with Crippen molar-refractivity contribution in [3.63, 3.8) is 0 Å². The second-order valence-corrected chi connectivity index (χ2v) is 16.1. The maximum absolute atomic E-state index is 13.8. The van der Waals surface area contributed by atoms with Crippen LogP contribution >= 0.6 is 34.8 Å². The maximum atomic E-state index is 13.8. The van der Waals surface area contributed by atoms with E-state index in [1.165, 1.54) is 5.01 Å². The summed E-state index contributed by atoms with van der Waals surface area (Å²) in [5.74, 6) is -2.32. The number of hydrazine groups is 1. The first-order chi connectivity index (χ1) is 23.7. The van der Waals surface area contributed by atoms with Crippen molar-refractivity contribution in [1.29, 1.82) is 0 Å². The lowest BCUT2D eigenvalue weighted by Gasteiger charge is -2.38. The number of halogens is 3. The first-order valence-corrected chi connectivity index (χ1v) is 17.8. The lowest BCUT2D eigenvalue weighted by Crippen LogP contribution is -2.62. The topological polar surface area (TPSA) is 145 Å². The molecule has 3 N–H and O–H groups in total. The van der Waals surface area contributed by atoms with Gasteiger partial charge in [-0.3, -0.25) is 19.4 Å². The van der Waals surface area contributed by atoms with E-state index >= 15 is 0 Å². The molecule has 2 aromatic carbocycles. The molecule has 2 saturated heterocycles. The summed E-state index contributed by atoms with van der Waals surface area (Å²) in [6.07, 6.45) is 0.0984. The van der Waals surface area contributed by atoms with Gasteiger partial charge in [0, 0.05) is 17.9 Å². The van der Waals surface area contributed by atoms with Gasteiger partial charge in [0.1, 0.15) is 31.3 Å². The number of nitrogens with one attached hydrogen (secondary N) is 3. The lowest BCUT2D eigenvalue weighted by atomic mass is 9.90. The predicted molar refractivity (Wildman–Crippen MR) is 188 cm³/mol. The minimum Gasteiger partial charge on any atom is -0.460 e. The lowest BCUT2D eigenvalue weighted by molar-refractivity contribution is -0.156. The summed E-state index contributed by atoms with van der Waals surface area (Å²) in [5.41, 5.74) is 7.00. The van der Waals surface area contributed by atoms with Crippen LogP contribution in [0.2, 0.25) is 0 Å². The summed E-state index contributed by atoms with van der Waals surface area (Å²) in [5, 5.41) is 6.72. The molecular weight excluding hydrogens is 711 g/mol. The Labute approximate surface area is 306 Å². The first kappa shape index (κ1) is 38.1. The molecule has 12 nitrogen and oxygen atoms in total. The smallest absolute Gasteiger partial charge is 0.407 e. The minimum atomic E-state index is -1.78. The number of alkyl halides is 3. The number of nitrogens with zero attached hydrogens (tertiary/aromatic N) is 1. The quantitative estimate of drug-likeness (QED) is 0.199. The Morgan fingerprint density at radius 3 is 2.22 bits per heavy atom. The van der Waals surface area contributed by atoms with Crippen molar-refractivity contribution in [2.45, 2.75) is 61.4 Å². The van der Waals surface area contributed by atoms with Crippen molar-refractivity contribution in [3.05, 3.63) is 59.7 Å². The largest absolute Gasteiger partial charge is 0.460 e. The molecule has 2 heterocycles. The van der Waals surface area contributed by atoms with Crippen LogP contribution in [0, 0.1) is 11.3 Å². The van der Waals surface area contributed by atoms with Crippen LogP contribution in [0.1, 0.15) is 50.7 Å². The van der Waals surface area contributed by atoms with E-state index in [4.69, 9.17) is 53.8 Å². The summed E-state index contributed by atoms with van der Waals surface area (Å²) >= 11 is 17.1. The van der Waals surface area contributed by atoms with E-state index in [0.717, 1.165) is 22.3 Å². The van der Waals surface area contributed by atoms with Gasteiger partial charge in [0.15, 0.2) is 0 Å². The first-order valence-electron chi connectivity index (χ1n) is 16.6. The van der Waals surface area contributed by atoms with E-state index in [-0.39, 0.29) is 37.0 Å². The zero-order chi connectivity index (χ0) is 36.1. The molecule has 3 atom stereocenters. The van der Waals surface area contributed by atoms with Gasteiger partial charge in [0.25, 0.3) is 5.91 Å². The Kier molecular flexibility index (Phi) is 12.6. The van der Waals surface area contributed by atoms with Gasteiger partial charge in [-0.15, -0.1) is 0 Å². The fraction of sp³-hybridized carbons (Fsp3) is 0.543. The van der Waals surface area contributed by atoms with Crippen LogP contribution < -0.4 is 16.1 Å². The van der Waals surface area contributed by atoms with Gasteiger partial charge in [-0.2, -0.15) is 0 Å². The number of esters is 1. The third-order valence-corrected chi connectivity index (χ3v) is 9.26. The van der Waals surface area contributed by atoms with E-state index in [1.807, 2.05) is 55.5 Å². The second kappa shape index (κ2) is 16.5. The van der Waals surface area contributed by atoms with Crippen molar-refractivity contribution in [2.75, 3.05) is 46.2 Å². The molecule has 2 fully saturated rings. The molecule has 0 bridgehead atoms. The summed E-state index contributed by atoms with van der Waals surface area (Å²) in [4.78, 5) is 53.4. The number of hydrogen-bond donors (Lipinski definition) is 3. The van der Waals surface area contributed by atoms with E-state index in [1.54, 1.807) is 13.8 Å². The monoisotopic (exact) mass is 752 g/mol. The summed E-state index contributed by atoms with van der Waals surface area (Å²) in [7, 11) is 0. The van der Waals surface area contributed by atoms with Gasteiger partial charge in [0.05, 0.1) is 26.4 Å². The number of alkyl carbamates (subject to hydrolysis) is 1. The minimum absolute atomic E-state index is 0.0790. The highest BCUT2D eigenvalue weighted by Crippen LogP contribution is 2.44. The van der Waals surface area contributed by atoms with Gasteiger partial charge < -0.3 is 29.6 Å². The fourth-order valence-corrected chi connectivity index (χ4v) is 6.42. The molecule has 3 amide bonds. The standard InChI is InChI=1S/C35H43Cl3N4O8/c1-21(2)29(40-33(46)49-15-26-24-11-6-4-9-22(24)23-10-5-7-12-25(23)26)30(43)39-28(16-47-17-34(3)18-48-19-34)31(44)42-14-8-13-27(41-42)32(45)50-20-35(36,37)38/h4-7,9-12,21,26-29,41H,8,13-20H2,1-3H3,(H,39,43)(H,40,46)/t27-,28-,29-/m0/s1. The zero-order valence-electron chi connectivity index (χ0n) is 28.2. The molecule has 0 aromatic heterocycles. The molecule has 272 valence electrons. The molecule has 0 radical (unpaired) electrons. The average Bonchev–Trinajstić information content (AvgIpc) is 3.40. The van der Waals surface area contributed by atoms with Crippen molar-refractivity contribution < 1.29 is 38.1 Å². The molecule has 3 aliphatic rings. The number of amides is 3. The SMILES string of the molecule is CC(C)[C@H](NC(=O)OCC1c2ccccc2-c2ccccc21)C(=O)N[C@@H](COCC1(C)COC1)C(=O)N1CCC[C@@H](C(=O)OCC(Cl)(Cl)Cl)N1. The van der Waals surface area contributed by atoms with Crippen LogP contribution in [0.3, 0.4) is 0 Å². The maximum Gasteiger partial charge on any atom is 0.407 e. The van der Waals surface area contributed by atoms with E-state index in [0.29, 0.717) is 32.7 Å². The highest BCUT2D eigenvalue weighted by atomic mass is 35.6. The molecule has 0 unspecified atom stereocenters. The number of hydrogen-bond acceptors (Lipinski definition) is 9. The molecule has 15 heteroatoms. The Morgan fingerprint density at radius 2 is 1.64 bits per heavy atom. The van der Waals surface area contributed by atoms with Crippen molar-refractivity contribution in [3.8, 4) is 11.1 Å². The van der Waals surface area contributed by atoms with Crippen LogP contribution in [0.4, 0.5) is 4.79 Å². The third-order valence-electron chi connectivity index (χ3n) is 8.93. The third kappa shape index (κ3) is 9.59. The van der Waals surface area contributed by atoms with Gasteiger partial charge in [-0.25, -0.2) is 10.2 Å². The van der Waals surface area contributed by atoms with Crippen LogP contribution in [0.25, 0.3) is 11.1 Å². The van der Waals surface area contributed by atoms with E-state index in [9.17, 15) is 19.2 Å². The zero-order valence-corrected chi connectivity index (χ0v) is 30.5. The van der Waals surface area contributed by atoms with Gasteiger partial charge >= 0.3 is 12.1 Å². The Bertz CT molecular complexity index is 1500. The molecule has 1 aliphatic carbocycles. The van der Waals surface area contributed by atoms with Gasteiger partial charge in [0.2, 0.25) is 9.70 Å². The normalized spacial score (nSPS) is 19.4. The second-order valence-electron chi connectivity index (χ2n) is 13.6. The fourth-order valence-electron chi connectivity index (χ4n) is 6.25. The predicted octanol–water partition coefficient (Wildman–Crippen LogP) is 4.50. The summed E-state index contributed by atoms with van der Waals surface area (Å²) in [6, 6.07) is 13.0. The Morgan fingerprint density at radius 1 is 1.00 bits per heavy atom.